The first-order valence-electron chi connectivity index (χ1n) is 6.27. The molecule has 0 bridgehead atoms. The summed E-state index contributed by atoms with van der Waals surface area (Å²) in [6.45, 7) is 2.89. The van der Waals surface area contributed by atoms with Crippen molar-refractivity contribution in [1.29, 1.82) is 5.26 Å². The van der Waals surface area contributed by atoms with Crippen LogP contribution in [0.5, 0.6) is 0 Å². The van der Waals surface area contributed by atoms with Gasteiger partial charge < -0.3 is 10.6 Å². The molecule has 2 N–H and O–H groups in total. The van der Waals surface area contributed by atoms with Crippen LogP contribution in [0.25, 0.3) is 0 Å². The van der Waals surface area contributed by atoms with Gasteiger partial charge in [0.1, 0.15) is 5.82 Å². The maximum Gasteiger partial charge on any atom is 0.219 e. The number of nitrogens with zero attached hydrogens (tertiary/aromatic N) is 2. The van der Waals surface area contributed by atoms with Crippen LogP contribution in [-0.4, -0.2) is 23.9 Å². The number of hydrogen-bond acceptors (Lipinski definition) is 3. The lowest BCUT2D eigenvalue weighted by Gasteiger charge is -2.32. The second-order valence-corrected chi connectivity index (χ2v) is 4.85. The number of benzene rings is 1. The van der Waals surface area contributed by atoms with Crippen molar-refractivity contribution >= 4 is 11.6 Å². The number of nitrogen functional groups attached to an aromatic ring is 1. The van der Waals surface area contributed by atoms with E-state index < -0.39 is 5.82 Å². The number of carbonyl (C=O) groups excluding carboxylic acids is 1. The predicted molar refractivity (Wildman–Crippen MR) is 69.8 cm³/mol. The van der Waals surface area contributed by atoms with Crippen LogP contribution in [0, 0.1) is 17.1 Å². The highest BCUT2D eigenvalue weighted by Crippen LogP contribution is 2.32. The summed E-state index contributed by atoms with van der Waals surface area (Å²) in [7, 11) is 0. The quantitative estimate of drug-likeness (QED) is 0.786. The average molecular weight is 261 g/mol. The highest BCUT2D eigenvalue weighted by molar-refractivity contribution is 5.73. The van der Waals surface area contributed by atoms with Gasteiger partial charge in [0, 0.05) is 20.0 Å². The molecule has 1 aromatic carbocycles. The van der Waals surface area contributed by atoms with E-state index in [9.17, 15) is 9.18 Å². The third-order valence-corrected chi connectivity index (χ3v) is 3.67. The molecule has 1 fully saturated rings. The fraction of sp³-hybridized carbons (Fsp3) is 0.429. The molecule has 0 unspecified atom stereocenters. The molecule has 1 aliphatic heterocycles. The molecule has 19 heavy (non-hydrogen) atoms. The molecule has 0 radical (unpaired) electrons. The molecule has 1 aliphatic rings. The molecule has 100 valence electrons. The minimum Gasteiger partial charge on any atom is -0.396 e. The highest BCUT2D eigenvalue weighted by Gasteiger charge is 2.24. The summed E-state index contributed by atoms with van der Waals surface area (Å²) >= 11 is 0. The highest BCUT2D eigenvalue weighted by atomic mass is 19.1. The van der Waals surface area contributed by atoms with Crippen LogP contribution < -0.4 is 5.73 Å². The summed E-state index contributed by atoms with van der Waals surface area (Å²) in [4.78, 5) is 13.1. The van der Waals surface area contributed by atoms with E-state index in [-0.39, 0.29) is 17.5 Å². The van der Waals surface area contributed by atoms with Gasteiger partial charge in [-0.25, -0.2) is 4.39 Å². The van der Waals surface area contributed by atoms with Gasteiger partial charge >= 0.3 is 0 Å². The van der Waals surface area contributed by atoms with Gasteiger partial charge in [0.15, 0.2) is 0 Å². The Bertz CT molecular complexity index is 542. The number of carbonyl (C=O) groups is 1. The first kappa shape index (κ1) is 13.3. The number of hydrogen-bond donors (Lipinski definition) is 1. The normalized spacial score (nSPS) is 16.2. The summed E-state index contributed by atoms with van der Waals surface area (Å²) in [5, 5.41) is 9.08. The van der Waals surface area contributed by atoms with Gasteiger partial charge in [0.25, 0.3) is 0 Å². The van der Waals surface area contributed by atoms with E-state index in [1.54, 1.807) is 17.9 Å². The number of nitrogens with two attached hydrogens (primary N) is 1. The van der Waals surface area contributed by atoms with Crippen molar-refractivity contribution in [3.05, 3.63) is 29.1 Å². The monoisotopic (exact) mass is 261 g/mol. The van der Waals surface area contributed by atoms with Gasteiger partial charge in [-0.2, -0.15) is 5.26 Å². The second kappa shape index (κ2) is 5.27. The number of halogens is 1. The number of nitriles is 1. The Hall–Kier alpha value is -2.09. The lowest BCUT2D eigenvalue weighted by molar-refractivity contribution is -0.129. The molecular formula is C14H16FN3O. The van der Waals surface area contributed by atoms with E-state index >= 15 is 0 Å². The Labute approximate surface area is 111 Å². The summed E-state index contributed by atoms with van der Waals surface area (Å²) < 4.78 is 13.4. The van der Waals surface area contributed by atoms with Crippen LogP contribution in [0.1, 0.15) is 36.8 Å². The Morgan fingerprint density at radius 2 is 2.11 bits per heavy atom. The van der Waals surface area contributed by atoms with Crippen LogP contribution in [-0.2, 0) is 4.79 Å². The first-order valence-corrected chi connectivity index (χ1v) is 6.27. The van der Waals surface area contributed by atoms with Crippen molar-refractivity contribution < 1.29 is 9.18 Å². The first-order chi connectivity index (χ1) is 9.02. The molecule has 1 saturated heterocycles. The third kappa shape index (κ3) is 2.68. The van der Waals surface area contributed by atoms with Crippen LogP contribution in [0.3, 0.4) is 0 Å². The molecule has 0 spiro atoms. The van der Waals surface area contributed by atoms with Crippen molar-refractivity contribution in [3.8, 4) is 6.07 Å². The van der Waals surface area contributed by atoms with Crippen molar-refractivity contribution in [3.63, 3.8) is 0 Å². The zero-order valence-electron chi connectivity index (χ0n) is 10.8. The lowest BCUT2D eigenvalue weighted by atomic mass is 9.86. The summed E-state index contributed by atoms with van der Waals surface area (Å²) in [5.41, 5.74) is 6.79. The molecule has 0 atom stereocenters. The maximum atomic E-state index is 13.4. The smallest absolute Gasteiger partial charge is 0.219 e. The van der Waals surface area contributed by atoms with Crippen LogP contribution in [0.4, 0.5) is 10.1 Å². The minimum absolute atomic E-state index is 0.0672. The van der Waals surface area contributed by atoms with E-state index in [1.807, 2.05) is 6.07 Å². The average Bonchev–Trinajstić information content (AvgIpc) is 2.41. The number of rotatable bonds is 1. The SMILES string of the molecule is CC(=O)N1CCC(c2cc(N)c(F)cc2C#N)CC1. The van der Waals surface area contributed by atoms with E-state index in [4.69, 9.17) is 11.0 Å². The third-order valence-electron chi connectivity index (χ3n) is 3.67. The lowest BCUT2D eigenvalue weighted by Crippen LogP contribution is -2.36. The maximum absolute atomic E-state index is 13.4. The standard InChI is InChI=1S/C14H16FN3O/c1-9(19)18-4-2-10(3-5-18)12-7-14(17)13(15)6-11(12)8-16/h6-7,10H,2-5,17H2,1H3. The largest absolute Gasteiger partial charge is 0.396 e. The van der Waals surface area contributed by atoms with E-state index in [0.29, 0.717) is 18.7 Å². The van der Waals surface area contributed by atoms with Crippen molar-refractivity contribution in [2.45, 2.75) is 25.7 Å². The van der Waals surface area contributed by atoms with Gasteiger partial charge in [-0.1, -0.05) is 0 Å². The molecule has 0 aromatic heterocycles. The zero-order chi connectivity index (χ0) is 14.0. The van der Waals surface area contributed by atoms with Crippen LogP contribution in [0.2, 0.25) is 0 Å². The topological polar surface area (TPSA) is 70.1 Å². The van der Waals surface area contributed by atoms with Gasteiger partial charge in [0.05, 0.1) is 17.3 Å². The molecule has 1 amide bonds. The van der Waals surface area contributed by atoms with E-state index in [1.165, 1.54) is 6.07 Å². The van der Waals surface area contributed by atoms with Crippen molar-refractivity contribution in [1.82, 2.24) is 4.90 Å². The van der Waals surface area contributed by atoms with Gasteiger partial charge in [-0.05, 0) is 36.5 Å². The summed E-state index contributed by atoms with van der Waals surface area (Å²) in [5.74, 6) is -0.327. The Balaban J connectivity index is 2.22. The molecule has 5 heteroatoms. The van der Waals surface area contributed by atoms with Gasteiger partial charge in [0.2, 0.25) is 5.91 Å². The van der Waals surface area contributed by atoms with E-state index in [2.05, 4.69) is 0 Å². The second-order valence-electron chi connectivity index (χ2n) is 4.85. The number of anilines is 1. The number of likely N-dealkylation sites (tertiary alicyclic amines) is 1. The minimum atomic E-state index is -0.554. The zero-order valence-corrected chi connectivity index (χ0v) is 10.8. The number of amides is 1. The molecule has 0 saturated carbocycles. The fourth-order valence-electron chi connectivity index (χ4n) is 2.55. The van der Waals surface area contributed by atoms with Gasteiger partial charge in [-0.15, -0.1) is 0 Å². The Kier molecular flexibility index (Phi) is 3.70. The molecular weight excluding hydrogens is 245 g/mol. The molecule has 1 heterocycles. The molecule has 0 aliphatic carbocycles. The summed E-state index contributed by atoms with van der Waals surface area (Å²) in [6.07, 6.45) is 1.55. The predicted octanol–water partition coefficient (Wildman–Crippen LogP) is 2.01. The summed E-state index contributed by atoms with van der Waals surface area (Å²) in [6, 6.07) is 4.77. The molecule has 1 aromatic rings. The van der Waals surface area contributed by atoms with Crippen LogP contribution >= 0.6 is 0 Å². The van der Waals surface area contributed by atoms with Crippen molar-refractivity contribution in [2.75, 3.05) is 18.8 Å². The van der Waals surface area contributed by atoms with E-state index in [0.717, 1.165) is 18.4 Å². The fourth-order valence-corrected chi connectivity index (χ4v) is 2.55. The molecule has 2 rings (SSSR count). The van der Waals surface area contributed by atoms with Gasteiger partial charge in [-0.3, -0.25) is 4.79 Å². The Morgan fingerprint density at radius 3 is 2.63 bits per heavy atom. The molecule has 4 nitrogen and oxygen atoms in total. The van der Waals surface area contributed by atoms with Crippen LogP contribution in [0.15, 0.2) is 12.1 Å². The van der Waals surface area contributed by atoms with Crippen molar-refractivity contribution in [2.24, 2.45) is 0 Å². The number of piperidine rings is 1. The Morgan fingerprint density at radius 1 is 1.47 bits per heavy atom.